The Kier molecular flexibility index (Phi) is 15.8. The molecule has 0 radical (unpaired) electrons. The zero-order valence-electron chi connectivity index (χ0n) is 59.7. The molecule has 0 saturated carbocycles. The van der Waals surface area contributed by atoms with Crippen molar-refractivity contribution >= 4 is 137 Å². The normalized spacial score (nSPS) is 12.8. The third-order valence-electron chi connectivity index (χ3n) is 22.4. The highest BCUT2D eigenvalue weighted by atomic mass is 28.3. The molecule has 16 aromatic rings. The lowest BCUT2D eigenvalue weighted by Gasteiger charge is -2.46. The first-order valence-electron chi connectivity index (χ1n) is 36.7. The van der Waals surface area contributed by atoms with Crippen LogP contribution in [0.2, 0.25) is 0 Å². The number of anilines is 6. The van der Waals surface area contributed by atoms with E-state index in [-0.39, 0.29) is 17.5 Å². The van der Waals surface area contributed by atoms with Gasteiger partial charge in [-0.25, -0.2) is 0 Å². The second-order valence-corrected chi connectivity index (χ2v) is 37.9. The Morgan fingerprint density at radius 2 is 0.625 bits per heavy atom. The van der Waals surface area contributed by atoms with E-state index in [9.17, 15) is 0 Å². The molecule has 0 saturated heterocycles. The SMILES string of the molecule is CC(C)(C)c1ccc2c(c1)c1cc(C(C)(C)C)ccc1n2-c1cc2c3c(c1)N(c1ccccc1-c1ccccc1)c1cccc(-c4ccccc4)c1B3c1ccc([Si](c3ccccc3)(c3ccccc3)c3ccccc3)cc1N2c1cccc([Si](c2ccccc2)(c2ccccc2)c2ccccc2)c1. The molecule has 104 heavy (non-hydrogen) atoms. The summed E-state index contributed by atoms with van der Waals surface area (Å²) < 4.78 is 2.60. The van der Waals surface area contributed by atoms with Crippen molar-refractivity contribution in [3.8, 4) is 27.9 Å². The topological polar surface area (TPSA) is 11.4 Å². The Bertz CT molecular complexity index is 5610. The number of fused-ring (bicyclic) bond motifs is 7. The molecule has 6 heteroatoms. The standard InChI is InChI=1S/C98H80BN3Si2/c1-97(2,3)71-57-61-89-85(63-71)86-64-72(98(4,5)6)58-62-90(86)101(89)74-66-93-96-94(67-74)102(88-55-32-31-53-83(88)69-35-15-7-16-36-69)91-56-34-54-84(70-37-17-8-18-38-70)95(91)99(96)87-60-59-82(104(78-46-25-12-26-47-78,79-48-27-13-28-49-79)80-50-29-14-30-51-80)68-92(87)100(93)73-39-33-52-81(65-73)103(75-40-19-9-20-41-75,76-42-21-10-22-43-76)77-44-23-11-24-45-77/h7-68H,1-6H3. The van der Waals surface area contributed by atoms with Gasteiger partial charge in [0.1, 0.15) is 0 Å². The lowest BCUT2D eigenvalue weighted by Crippen LogP contribution is -2.75. The first kappa shape index (κ1) is 64.3. The van der Waals surface area contributed by atoms with Gasteiger partial charge in [0.2, 0.25) is 0 Å². The Morgan fingerprint density at radius 1 is 0.250 bits per heavy atom. The summed E-state index contributed by atoms with van der Waals surface area (Å²) in [6.07, 6.45) is 0. The Hall–Kier alpha value is -11.8. The van der Waals surface area contributed by atoms with Crippen molar-refractivity contribution in [2.24, 2.45) is 0 Å². The molecule has 0 spiro atoms. The van der Waals surface area contributed by atoms with Crippen LogP contribution in [0.1, 0.15) is 52.7 Å². The van der Waals surface area contributed by atoms with Gasteiger partial charge < -0.3 is 14.4 Å². The highest BCUT2D eigenvalue weighted by Crippen LogP contribution is 2.50. The molecular weight excluding hydrogens is 1290 g/mol. The van der Waals surface area contributed by atoms with Crippen LogP contribution in [0.3, 0.4) is 0 Å². The van der Waals surface area contributed by atoms with E-state index in [4.69, 9.17) is 0 Å². The molecule has 18 rings (SSSR count). The number of hydrogen-bond acceptors (Lipinski definition) is 2. The summed E-state index contributed by atoms with van der Waals surface area (Å²) >= 11 is 0. The Labute approximate surface area is 614 Å². The van der Waals surface area contributed by atoms with Crippen LogP contribution in [0.5, 0.6) is 0 Å². The minimum absolute atomic E-state index is 0.0842. The van der Waals surface area contributed by atoms with Crippen LogP contribution in [-0.2, 0) is 10.8 Å². The molecule has 1 aromatic heterocycles. The molecule has 3 heterocycles. The monoisotopic (exact) mass is 1370 g/mol. The van der Waals surface area contributed by atoms with Crippen LogP contribution < -0.4 is 67.7 Å². The quantitative estimate of drug-likeness (QED) is 0.0842. The fraction of sp³-hybridized carbons (Fsp3) is 0.0816. The van der Waals surface area contributed by atoms with Crippen molar-refractivity contribution in [1.82, 2.24) is 4.57 Å². The summed E-state index contributed by atoms with van der Waals surface area (Å²) in [6, 6.07) is 144. The van der Waals surface area contributed by atoms with Gasteiger partial charge in [-0.05, 0) is 163 Å². The summed E-state index contributed by atoms with van der Waals surface area (Å²) in [5.74, 6) is 0. The molecule has 498 valence electrons. The van der Waals surface area contributed by atoms with Gasteiger partial charge in [0.15, 0.2) is 16.1 Å². The predicted octanol–water partition coefficient (Wildman–Crippen LogP) is 17.6. The summed E-state index contributed by atoms with van der Waals surface area (Å²) in [6.45, 7) is 13.8. The molecular formula is C98H80BN3Si2. The predicted molar refractivity (Wildman–Crippen MR) is 450 cm³/mol. The average molecular weight is 1370 g/mol. The fourth-order valence-corrected chi connectivity index (χ4v) is 27.1. The molecule has 0 unspecified atom stereocenters. The van der Waals surface area contributed by atoms with Crippen molar-refractivity contribution in [3.05, 3.63) is 387 Å². The van der Waals surface area contributed by atoms with Gasteiger partial charge in [0.05, 0.1) is 22.4 Å². The van der Waals surface area contributed by atoms with Crippen LogP contribution in [0.25, 0.3) is 49.7 Å². The van der Waals surface area contributed by atoms with Crippen LogP contribution in [0.15, 0.2) is 376 Å². The van der Waals surface area contributed by atoms with Crippen LogP contribution in [-0.4, -0.2) is 27.4 Å². The van der Waals surface area contributed by atoms with E-state index in [0.29, 0.717) is 0 Å². The molecule has 0 aliphatic carbocycles. The number of aromatic nitrogens is 1. The molecule has 0 amide bonds. The van der Waals surface area contributed by atoms with Gasteiger partial charge in [0.25, 0.3) is 6.71 Å². The molecule has 3 nitrogen and oxygen atoms in total. The van der Waals surface area contributed by atoms with Gasteiger partial charge in [-0.2, -0.15) is 0 Å². The lowest BCUT2D eigenvalue weighted by atomic mass is 9.32. The number of rotatable bonds is 13. The van der Waals surface area contributed by atoms with E-state index >= 15 is 0 Å². The lowest BCUT2D eigenvalue weighted by molar-refractivity contribution is 0.590. The highest BCUT2D eigenvalue weighted by molar-refractivity contribution is 7.20. The number of nitrogens with zero attached hydrogens (tertiary/aromatic N) is 3. The second-order valence-electron chi connectivity index (χ2n) is 30.3. The minimum atomic E-state index is -3.20. The number of hydrogen-bond donors (Lipinski definition) is 0. The maximum atomic E-state index is 2.72. The van der Waals surface area contributed by atoms with E-state index in [1.807, 2.05) is 0 Å². The molecule has 0 fully saturated rings. The maximum absolute atomic E-state index is 3.20. The van der Waals surface area contributed by atoms with E-state index in [1.165, 1.54) is 102 Å². The highest BCUT2D eigenvalue weighted by Gasteiger charge is 2.49. The van der Waals surface area contributed by atoms with Gasteiger partial charge >= 0.3 is 0 Å². The zero-order valence-corrected chi connectivity index (χ0v) is 61.7. The van der Waals surface area contributed by atoms with Crippen LogP contribution in [0, 0.1) is 0 Å². The third kappa shape index (κ3) is 10.4. The Morgan fingerprint density at radius 3 is 1.09 bits per heavy atom. The summed E-state index contributed by atoms with van der Waals surface area (Å²) in [7, 11) is -6.34. The number of benzene rings is 15. The van der Waals surface area contributed by atoms with Gasteiger partial charge in [-0.3, -0.25) is 0 Å². The van der Waals surface area contributed by atoms with Crippen LogP contribution in [0.4, 0.5) is 34.1 Å². The summed E-state index contributed by atoms with van der Waals surface area (Å²) in [5.41, 5.74) is 21.1. The van der Waals surface area contributed by atoms with Crippen molar-refractivity contribution < 1.29 is 0 Å². The van der Waals surface area contributed by atoms with Crippen molar-refractivity contribution in [2.75, 3.05) is 9.80 Å². The largest absolute Gasteiger partial charge is 0.311 e. The zero-order chi connectivity index (χ0) is 70.3. The van der Waals surface area contributed by atoms with Crippen molar-refractivity contribution in [2.45, 2.75) is 52.4 Å². The first-order valence-corrected chi connectivity index (χ1v) is 40.7. The third-order valence-corrected chi connectivity index (χ3v) is 31.9. The van der Waals surface area contributed by atoms with Gasteiger partial charge in [-0.1, -0.05) is 351 Å². The summed E-state index contributed by atoms with van der Waals surface area (Å²) in [5, 5.41) is 13.1. The molecule has 15 aromatic carbocycles. The average Bonchev–Trinajstić information content (AvgIpc) is 0.813. The second kappa shape index (κ2) is 25.6. The van der Waals surface area contributed by atoms with Crippen LogP contribution >= 0.6 is 0 Å². The van der Waals surface area contributed by atoms with Gasteiger partial charge in [0, 0.05) is 44.8 Å². The molecule has 0 N–H and O–H groups in total. The van der Waals surface area contributed by atoms with Gasteiger partial charge in [-0.15, -0.1) is 0 Å². The molecule has 0 atom stereocenters. The Balaban J connectivity index is 1.03. The maximum Gasteiger partial charge on any atom is 0.252 e. The van der Waals surface area contributed by atoms with Crippen molar-refractivity contribution in [3.63, 3.8) is 0 Å². The van der Waals surface area contributed by atoms with E-state index in [2.05, 4.69) is 432 Å². The van der Waals surface area contributed by atoms with E-state index in [0.717, 1.165) is 50.9 Å². The fourth-order valence-electron chi connectivity index (χ4n) is 17.6. The molecule has 2 aliphatic rings. The molecule has 2 aliphatic heterocycles. The first-order chi connectivity index (χ1) is 50.9. The van der Waals surface area contributed by atoms with Crippen molar-refractivity contribution in [1.29, 1.82) is 0 Å². The van der Waals surface area contributed by atoms with E-state index in [1.54, 1.807) is 0 Å². The minimum Gasteiger partial charge on any atom is -0.311 e. The number of para-hydroxylation sites is 1. The summed E-state index contributed by atoms with van der Waals surface area (Å²) in [4.78, 5) is 5.37. The smallest absolute Gasteiger partial charge is 0.252 e. The molecule has 0 bridgehead atoms. The van der Waals surface area contributed by atoms with E-state index < -0.39 is 16.1 Å².